The predicted octanol–water partition coefficient (Wildman–Crippen LogP) is 2.52. The Kier molecular flexibility index (Phi) is 6.10. The van der Waals surface area contributed by atoms with Gasteiger partial charge in [0.05, 0.1) is 4.34 Å². The third kappa shape index (κ3) is 4.72. The molecule has 1 N–H and O–H groups in total. The SMILES string of the molecule is CCN1CCN(CCNCc2ccc(Cl)s2)CC1C. The molecule has 1 fully saturated rings. The average molecular weight is 302 g/mol. The van der Waals surface area contributed by atoms with Gasteiger partial charge in [0.25, 0.3) is 0 Å². The molecule has 19 heavy (non-hydrogen) atoms. The summed E-state index contributed by atoms with van der Waals surface area (Å²) >= 11 is 7.58. The predicted molar refractivity (Wildman–Crippen MR) is 84.2 cm³/mol. The Labute approximate surface area is 125 Å². The summed E-state index contributed by atoms with van der Waals surface area (Å²) in [5, 5.41) is 3.50. The molecule has 1 aromatic rings. The summed E-state index contributed by atoms with van der Waals surface area (Å²) in [4.78, 5) is 6.43. The van der Waals surface area contributed by atoms with Gasteiger partial charge in [-0.15, -0.1) is 11.3 Å². The second-order valence-electron chi connectivity index (χ2n) is 5.16. The molecule has 0 amide bonds. The molecule has 3 nitrogen and oxygen atoms in total. The lowest BCUT2D eigenvalue weighted by molar-refractivity contribution is 0.0887. The number of nitrogens with one attached hydrogen (secondary N) is 1. The summed E-state index contributed by atoms with van der Waals surface area (Å²) in [5.74, 6) is 0. The molecule has 5 heteroatoms. The highest BCUT2D eigenvalue weighted by molar-refractivity contribution is 7.16. The number of hydrogen-bond acceptors (Lipinski definition) is 4. The molecule has 0 saturated carbocycles. The molecule has 0 radical (unpaired) electrons. The molecule has 0 aliphatic carbocycles. The number of likely N-dealkylation sites (N-methyl/N-ethyl adjacent to an activating group) is 1. The lowest BCUT2D eigenvalue weighted by atomic mass is 10.2. The van der Waals surface area contributed by atoms with Crippen LogP contribution in [0.3, 0.4) is 0 Å². The maximum absolute atomic E-state index is 5.92. The topological polar surface area (TPSA) is 18.5 Å². The van der Waals surface area contributed by atoms with Crippen molar-refractivity contribution >= 4 is 22.9 Å². The van der Waals surface area contributed by atoms with Crippen molar-refractivity contribution in [3.8, 4) is 0 Å². The van der Waals surface area contributed by atoms with Crippen molar-refractivity contribution in [2.45, 2.75) is 26.4 Å². The highest BCUT2D eigenvalue weighted by atomic mass is 35.5. The number of piperazine rings is 1. The van der Waals surface area contributed by atoms with Gasteiger partial charge < -0.3 is 5.32 Å². The number of halogens is 1. The molecule has 108 valence electrons. The van der Waals surface area contributed by atoms with Crippen molar-refractivity contribution in [3.05, 3.63) is 21.3 Å². The lowest BCUT2D eigenvalue weighted by Crippen LogP contribution is -2.52. The summed E-state index contributed by atoms with van der Waals surface area (Å²) in [7, 11) is 0. The molecule has 1 aliphatic heterocycles. The van der Waals surface area contributed by atoms with Crippen molar-refractivity contribution in [3.63, 3.8) is 0 Å². The molecule has 0 bridgehead atoms. The first-order valence-corrected chi connectivity index (χ1v) is 8.30. The van der Waals surface area contributed by atoms with Crippen LogP contribution in [0.1, 0.15) is 18.7 Å². The van der Waals surface area contributed by atoms with Crippen molar-refractivity contribution < 1.29 is 0 Å². The zero-order chi connectivity index (χ0) is 13.7. The smallest absolute Gasteiger partial charge is 0.0931 e. The number of nitrogens with zero attached hydrogens (tertiary/aromatic N) is 2. The Hall–Kier alpha value is -0.130. The minimum atomic E-state index is 0.690. The van der Waals surface area contributed by atoms with Gasteiger partial charge in [0.15, 0.2) is 0 Å². The molecule has 1 atom stereocenters. The van der Waals surface area contributed by atoms with Crippen LogP contribution in [0.2, 0.25) is 4.34 Å². The van der Waals surface area contributed by atoms with Crippen molar-refractivity contribution in [1.82, 2.24) is 15.1 Å². The van der Waals surface area contributed by atoms with Gasteiger partial charge >= 0.3 is 0 Å². The second kappa shape index (κ2) is 7.60. The molecule has 1 unspecified atom stereocenters. The molecule has 1 saturated heterocycles. The van der Waals surface area contributed by atoms with E-state index in [4.69, 9.17) is 11.6 Å². The normalized spacial score (nSPS) is 21.9. The third-order valence-electron chi connectivity index (χ3n) is 3.79. The van der Waals surface area contributed by atoms with Gasteiger partial charge in [-0.1, -0.05) is 18.5 Å². The fourth-order valence-corrected chi connectivity index (χ4v) is 3.70. The van der Waals surface area contributed by atoms with E-state index in [1.807, 2.05) is 6.07 Å². The maximum atomic E-state index is 5.92. The van der Waals surface area contributed by atoms with Crippen LogP contribution in [0, 0.1) is 0 Å². The monoisotopic (exact) mass is 301 g/mol. The van der Waals surface area contributed by atoms with E-state index in [1.165, 1.54) is 31.1 Å². The van der Waals surface area contributed by atoms with E-state index < -0.39 is 0 Å². The molecular formula is C14H24ClN3S. The molecule has 0 spiro atoms. The van der Waals surface area contributed by atoms with Crippen molar-refractivity contribution in [2.24, 2.45) is 0 Å². The number of rotatable bonds is 6. The molecule has 1 aliphatic rings. The second-order valence-corrected chi connectivity index (χ2v) is 6.96. The fourth-order valence-electron chi connectivity index (χ4n) is 2.64. The van der Waals surface area contributed by atoms with Crippen LogP contribution in [0.25, 0.3) is 0 Å². The molecule has 2 heterocycles. The van der Waals surface area contributed by atoms with Crippen LogP contribution >= 0.6 is 22.9 Å². The number of hydrogen-bond donors (Lipinski definition) is 1. The van der Waals surface area contributed by atoms with Crippen molar-refractivity contribution in [1.29, 1.82) is 0 Å². The van der Waals surface area contributed by atoms with Gasteiger partial charge in [0.2, 0.25) is 0 Å². The van der Waals surface area contributed by atoms with Crippen molar-refractivity contribution in [2.75, 3.05) is 39.3 Å². The van der Waals surface area contributed by atoms with Gasteiger partial charge in [-0.2, -0.15) is 0 Å². The van der Waals surface area contributed by atoms with E-state index in [9.17, 15) is 0 Å². The Morgan fingerprint density at radius 3 is 2.89 bits per heavy atom. The van der Waals surface area contributed by atoms with Gasteiger partial charge in [0.1, 0.15) is 0 Å². The average Bonchev–Trinajstić information content (AvgIpc) is 2.81. The largest absolute Gasteiger partial charge is 0.311 e. The zero-order valence-corrected chi connectivity index (χ0v) is 13.4. The first-order valence-electron chi connectivity index (χ1n) is 7.10. The Morgan fingerprint density at radius 1 is 1.42 bits per heavy atom. The van der Waals surface area contributed by atoms with Gasteiger partial charge in [-0.25, -0.2) is 0 Å². The highest BCUT2D eigenvalue weighted by Crippen LogP contribution is 2.20. The van der Waals surface area contributed by atoms with Gasteiger partial charge in [-0.3, -0.25) is 9.80 Å². The van der Waals surface area contributed by atoms with Crippen LogP contribution in [0.15, 0.2) is 12.1 Å². The van der Waals surface area contributed by atoms with Crippen LogP contribution in [0.4, 0.5) is 0 Å². The lowest BCUT2D eigenvalue weighted by Gasteiger charge is -2.39. The van der Waals surface area contributed by atoms with Crippen LogP contribution in [-0.4, -0.2) is 55.1 Å². The quantitative estimate of drug-likeness (QED) is 0.815. The third-order valence-corrected chi connectivity index (χ3v) is 5.02. The minimum absolute atomic E-state index is 0.690. The van der Waals surface area contributed by atoms with Crippen LogP contribution < -0.4 is 5.32 Å². The Bertz CT molecular complexity index is 383. The van der Waals surface area contributed by atoms with E-state index in [2.05, 4.69) is 35.0 Å². The zero-order valence-electron chi connectivity index (χ0n) is 11.9. The van der Waals surface area contributed by atoms with E-state index in [-0.39, 0.29) is 0 Å². The summed E-state index contributed by atoms with van der Waals surface area (Å²) in [6.45, 7) is 12.5. The molecule has 1 aromatic heterocycles. The summed E-state index contributed by atoms with van der Waals surface area (Å²) in [6, 6.07) is 4.76. The highest BCUT2D eigenvalue weighted by Gasteiger charge is 2.21. The standard InChI is InChI=1S/C14H24ClN3S/c1-3-18-9-8-17(11-12(18)2)7-6-16-10-13-4-5-14(15)19-13/h4-5,12,16H,3,6-11H2,1-2H3. The minimum Gasteiger partial charge on any atom is -0.311 e. The first-order chi connectivity index (χ1) is 9.19. The molecule has 0 aromatic carbocycles. The summed E-state index contributed by atoms with van der Waals surface area (Å²) in [5.41, 5.74) is 0. The Morgan fingerprint density at radius 2 is 2.26 bits per heavy atom. The van der Waals surface area contributed by atoms with E-state index in [1.54, 1.807) is 11.3 Å². The van der Waals surface area contributed by atoms with Crippen LogP contribution in [0.5, 0.6) is 0 Å². The van der Waals surface area contributed by atoms with Gasteiger partial charge in [-0.05, 0) is 25.6 Å². The first kappa shape index (κ1) is 15.3. The molecule has 2 rings (SSSR count). The summed E-state index contributed by atoms with van der Waals surface area (Å²) < 4.78 is 0.876. The molecular weight excluding hydrogens is 278 g/mol. The van der Waals surface area contributed by atoms with E-state index in [0.29, 0.717) is 6.04 Å². The van der Waals surface area contributed by atoms with E-state index >= 15 is 0 Å². The van der Waals surface area contributed by atoms with E-state index in [0.717, 1.165) is 24.0 Å². The fraction of sp³-hybridized carbons (Fsp3) is 0.714. The number of thiophene rings is 1. The maximum Gasteiger partial charge on any atom is 0.0931 e. The Balaban J connectivity index is 1.61. The van der Waals surface area contributed by atoms with Crippen LogP contribution in [-0.2, 0) is 6.54 Å². The van der Waals surface area contributed by atoms with Gasteiger partial charge in [0, 0.05) is 50.2 Å². The summed E-state index contributed by atoms with van der Waals surface area (Å²) in [6.07, 6.45) is 0.